The van der Waals surface area contributed by atoms with Gasteiger partial charge in [0.05, 0.1) is 0 Å². The number of carboxylic acids is 1. The number of rotatable bonds is 5. The quantitative estimate of drug-likeness (QED) is 0.207. The van der Waals surface area contributed by atoms with Crippen molar-refractivity contribution in [1.29, 1.82) is 0 Å². The maximum absolute atomic E-state index is 10.9. The Kier molecular flexibility index (Phi) is 9.69. The van der Waals surface area contributed by atoms with Crippen molar-refractivity contribution in [3.8, 4) is 0 Å². The number of esters is 1. The number of aliphatic carboxylic acids is 1. The third-order valence-corrected chi connectivity index (χ3v) is 1.78. The zero-order valence-corrected chi connectivity index (χ0v) is 10.9. The van der Waals surface area contributed by atoms with Crippen molar-refractivity contribution in [3.63, 3.8) is 0 Å². The molecule has 0 bridgehead atoms. The van der Waals surface area contributed by atoms with Crippen LogP contribution in [0.25, 0.3) is 0 Å². The van der Waals surface area contributed by atoms with E-state index in [2.05, 4.69) is 11.3 Å². The van der Waals surface area contributed by atoms with Crippen molar-refractivity contribution in [3.05, 3.63) is 12.7 Å². The van der Waals surface area contributed by atoms with Crippen molar-refractivity contribution in [2.45, 2.75) is 6.42 Å². The molecule has 6 nitrogen and oxygen atoms in total. The standard InChI is InChI=1S/C7H8O6S.Na/c1-2-3-13-7(10)5(14(11)12)4-6(8)9;/h2H,1,3-4H2,(H,8,9);/q;+1/p-1. The summed E-state index contributed by atoms with van der Waals surface area (Å²) in [6.45, 7) is 3.04. The first-order valence-corrected chi connectivity index (χ1v) is 4.49. The molecule has 78 valence electrons. The van der Waals surface area contributed by atoms with Crippen molar-refractivity contribution < 1.29 is 57.4 Å². The molecular formula is C7H7NaO6S. The zero-order chi connectivity index (χ0) is 11.1. The van der Waals surface area contributed by atoms with Crippen molar-refractivity contribution in [2.75, 3.05) is 6.61 Å². The second-order valence-corrected chi connectivity index (χ2v) is 3.06. The van der Waals surface area contributed by atoms with E-state index in [-0.39, 0.29) is 36.2 Å². The minimum Gasteiger partial charge on any atom is -0.550 e. The number of ether oxygens (including phenoxy) is 1. The molecule has 0 spiro atoms. The molecule has 0 unspecified atom stereocenters. The molecule has 0 amide bonds. The van der Waals surface area contributed by atoms with Crippen LogP contribution in [-0.4, -0.2) is 31.8 Å². The molecule has 0 heterocycles. The number of hydrogen-bond donors (Lipinski definition) is 0. The second kappa shape index (κ2) is 8.66. The smallest absolute Gasteiger partial charge is 0.550 e. The summed E-state index contributed by atoms with van der Waals surface area (Å²) in [4.78, 5) is 20.1. The van der Waals surface area contributed by atoms with E-state index in [0.29, 0.717) is 0 Å². The fourth-order valence-corrected chi connectivity index (χ4v) is 0.976. The Morgan fingerprint density at radius 1 is 1.40 bits per heavy atom. The molecule has 0 aromatic heterocycles. The Labute approximate surface area is 110 Å². The van der Waals surface area contributed by atoms with Crippen LogP contribution < -0.4 is 34.7 Å². The van der Waals surface area contributed by atoms with Crippen LogP contribution in [0.2, 0.25) is 0 Å². The third kappa shape index (κ3) is 7.32. The van der Waals surface area contributed by atoms with Gasteiger partial charge in [0.25, 0.3) is 0 Å². The fourth-order valence-electron chi connectivity index (χ4n) is 0.545. The summed E-state index contributed by atoms with van der Waals surface area (Å²) >= 11 is 0. The topological polar surface area (TPSA) is 101 Å². The summed E-state index contributed by atoms with van der Waals surface area (Å²) < 4.78 is 25.1. The van der Waals surface area contributed by atoms with Gasteiger partial charge in [-0.25, -0.2) is 4.79 Å². The Hall–Kier alpha value is -0.630. The monoisotopic (exact) mass is 242 g/mol. The minimum absolute atomic E-state index is 0. The fraction of sp³-hybridized carbons (Fsp3) is 0.286. The summed E-state index contributed by atoms with van der Waals surface area (Å²) in [5.41, 5.74) is 0. The summed E-state index contributed by atoms with van der Waals surface area (Å²) in [5.74, 6) is -2.87. The van der Waals surface area contributed by atoms with Gasteiger partial charge in [-0.2, -0.15) is 8.42 Å². The van der Waals surface area contributed by atoms with Crippen LogP contribution in [0.1, 0.15) is 6.42 Å². The molecule has 0 fully saturated rings. The van der Waals surface area contributed by atoms with E-state index >= 15 is 0 Å². The molecule has 0 aliphatic rings. The average Bonchev–Trinajstić information content (AvgIpc) is 2.09. The second-order valence-electron chi connectivity index (χ2n) is 2.09. The van der Waals surface area contributed by atoms with Crippen molar-refractivity contribution >= 4 is 27.1 Å². The van der Waals surface area contributed by atoms with Crippen molar-refractivity contribution in [1.82, 2.24) is 0 Å². The summed E-state index contributed by atoms with van der Waals surface area (Å²) in [6.07, 6.45) is 0.231. The van der Waals surface area contributed by atoms with E-state index in [1.54, 1.807) is 0 Å². The van der Waals surface area contributed by atoms with Crippen LogP contribution in [0.4, 0.5) is 0 Å². The van der Waals surface area contributed by atoms with E-state index in [1.807, 2.05) is 0 Å². The van der Waals surface area contributed by atoms with Gasteiger partial charge in [-0.3, -0.25) is 0 Å². The maximum atomic E-state index is 10.9. The number of hydrogen-bond acceptors (Lipinski definition) is 6. The van der Waals surface area contributed by atoms with Gasteiger partial charge in [0.2, 0.25) is 10.3 Å². The van der Waals surface area contributed by atoms with Crippen molar-refractivity contribution in [2.24, 2.45) is 0 Å². The molecule has 15 heavy (non-hydrogen) atoms. The van der Waals surface area contributed by atoms with Gasteiger partial charge in [0, 0.05) is 12.4 Å². The van der Waals surface area contributed by atoms with E-state index < -0.39 is 33.5 Å². The van der Waals surface area contributed by atoms with Gasteiger partial charge >= 0.3 is 35.5 Å². The molecule has 0 radical (unpaired) electrons. The molecule has 0 saturated heterocycles. The largest absolute Gasteiger partial charge is 1.00 e. The Balaban J connectivity index is 0. The number of carbonyl (C=O) groups is 2. The number of carboxylic acid groups (broad SMARTS) is 1. The van der Waals surface area contributed by atoms with Crippen LogP contribution in [0, 0.1) is 0 Å². The summed E-state index contributed by atoms with van der Waals surface area (Å²) in [7, 11) is -2.92. The maximum Gasteiger partial charge on any atom is 1.00 e. The van der Waals surface area contributed by atoms with Gasteiger partial charge in [0.15, 0.2) is 4.86 Å². The van der Waals surface area contributed by atoms with E-state index in [1.165, 1.54) is 6.08 Å². The molecule has 0 aliphatic heterocycles. The van der Waals surface area contributed by atoms with E-state index in [4.69, 9.17) is 0 Å². The first-order valence-electron chi connectivity index (χ1n) is 3.42. The molecule has 8 heteroatoms. The molecule has 0 aromatic rings. The predicted octanol–water partition coefficient (Wildman–Crippen LogP) is -5.09. The first-order chi connectivity index (χ1) is 6.49. The molecule has 0 saturated carbocycles. The predicted molar refractivity (Wildman–Crippen MR) is 44.7 cm³/mol. The van der Waals surface area contributed by atoms with Crippen LogP contribution in [-0.2, 0) is 24.6 Å². The van der Waals surface area contributed by atoms with Crippen LogP contribution in [0.5, 0.6) is 0 Å². The summed E-state index contributed by atoms with van der Waals surface area (Å²) in [5, 5.41) is 10.1. The average molecular weight is 242 g/mol. The molecule has 0 aliphatic carbocycles. The SMILES string of the molecule is C=CCOC(=O)C(CC(=O)[O-])=S(=O)=O.[Na+]. The van der Waals surface area contributed by atoms with Gasteiger partial charge in [0.1, 0.15) is 6.61 Å². The molecule has 0 N–H and O–H groups in total. The first kappa shape index (κ1) is 16.8. The van der Waals surface area contributed by atoms with Gasteiger partial charge < -0.3 is 14.6 Å². The summed E-state index contributed by atoms with van der Waals surface area (Å²) in [6, 6.07) is 0. The van der Waals surface area contributed by atoms with E-state index in [0.717, 1.165) is 0 Å². The van der Waals surface area contributed by atoms with Gasteiger partial charge in [-0.15, -0.1) is 0 Å². The zero-order valence-electron chi connectivity index (χ0n) is 8.06. The van der Waals surface area contributed by atoms with Crippen LogP contribution >= 0.6 is 0 Å². The Bertz CT molecular complexity index is 374. The van der Waals surface area contributed by atoms with E-state index in [9.17, 15) is 23.1 Å². The minimum atomic E-state index is -2.92. The van der Waals surface area contributed by atoms with Gasteiger partial charge in [-0.05, 0) is 0 Å². The molecule has 0 atom stereocenters. The Morgan fingerprint density at radius 3 is 2.27 bits per heavy atom. The van der Waals surface area contributed by atoms with Crippen LogP contribution in [0.3, 0.4) is 0 Å². The molecular weight excluding hydrogens is 235 g/mol. The molecule has 0 aromatic carbocycles. The molecule has 0 rings (SSSR count). The van der Waals surface area contributed by atoms with Gasteiger partial charge in [-0.1, -0.05) is 12.7 Å². The third-order valence-electron chi connectivity index (χ3n) is 1.07. The normalized spacial score (nSPS) is 8.27. The van der Waals surface area contributed by atoms with Crippen LogP contribution in [0.15, 0.2) is 12.7 Å². The Morgan fingerprint density at radius 2 is 1.93 bits per heavy atom. The number of carbonyl (C=O) groups excluding carboxylic acids is 2.